The number of nitrogens with two attached hydrogens (primary N) is 1. The van der Waals surface area contributed by atoms with Gasteiger partial charge in [0.2, 0.25) is 0 Å². The number of hydrogen-bond acceptors (Lipinski definition) is 3. The van der Waals surface area contributed by atoms with E-state index in [1.165, 1.54) is 18.2 Å². The summed E-state index contributed by atoms with van der Waals surface area (Å²) in [5.41, 5.74) is 4.49. The first-order valence-corrected chi connectivity index (χ1v) is 6.57. The SMILES string of the molecule is NCc1ccc(C(=O)Nc2cc(C(F)(F)F)ccc2Br)o1. The number of benzene rings is 1. The van der Waals surface area contributed by atoms with Crippen LogP contribution >= 0.6 is 15.9 Å². The number of carbonyl (C=O) groups is 1. The smallest absolute Gasteiger partial charge is 0.416 e. The average Bonchev–Trinajstić information content (AvgIpc) is 2.88. The van der Waals surface area contributed by atoms with E-state index < -0.39 is 17.6 Å². The van der Waals surface area contributed by atoms with Gasteiger partial charge in [-0.25, -0.2) is 0 Å². The molecular weight excluding hydrogens is 353 g/mol. The van der Waals surface area contributed by atoms with Gasteiger partial charge in [-0.05, 0) is 46.3 Å². The molecule has 1 heterocycles. The molecule has 8 heteroatoms. The molecule has 2 aromatic rings. The highest BCUT2D eigenvalue weighted by Crippen LogP contribution is 2.34. The van der Waals surface area contributed by atoms with Crippen LogP contribution in [0.4, 0.5) is 18.9 Å². The van der Waals surface area contributed by atoms with E-state index in [1.807, 2.05) is 0 Å². The largest absolute Gasteiger partial charge is 0.455 e. The number of carbonyl (C=O) groups excluding carboxylic acids is 1. The monoisotopic (exact) mass is 362 g/mol. The molecule has 0 atom stereocenters. The Balaban J connectivity index is 2.24. The summed E-state index contributed by atoms with van der Waals surface area (Å²) in [6, 6.07) is 5.90. The Morgan fingerprint density at radius 2 is 2.00 bits per heavy atom. The molecule has 0 bridgehead atoms. The van der Waals surface area contributed by atoms with Crippen molar-refractivity contribution in [2.45, 2.75) is 12.7 Å². The van der Waals surface area contributed by atoms with Crippen LogP contribution in [0.15, 0.2) is 39.2 Å². The summed E-state index contributed by atoms with van der Waals surface area (Å²) < 4.78 is 43.4. The molecule has 2 rings (SSSR count). The van der Waals surface area contributed by atoms with Crippen molar-refractivity contribution in [2.24, 2.45) is 5.73 Å². The molecule has 1 amide bonds. The lowest BCUT2D eigenvalue weighted by molar-refractivity contribution is -0.137. The molecule has 0 aliphatic carbocycles. The number of hydrogen-bond donors (Lipinski definition) is 2. The fraction of sp³-hybridized carbons (Fsp3) is 0.154. The maximum atomic E-state index is 12.6. The topological polar surface area (TPSA) is 68.3 Å². The second-order valence-corrected chi connectivity index (χ2v) is 4.97. The van der Waals surface area contributed by atoms with Crippen LogP contribution in [0.5, 0.6) is 0 Å². The molecule has 0 unspecified atom stereocenters. The molecule has 3 N–H and O–H groups in total. The van der Waals surface area contributed by atoms with Crippen molar-refractivity contribution in [3.63, 3.8) is 0 Å². The number of amides is 1. The molecule has 0 aliphatic heterocycles. The van der Waals surface area contributed by atoms with Gasteiger partial charge in [-0.2, -0.15) is 13.2 Å². The number of furan rings is 1. The lowest BCUT2D eigenvalue weighted by Crippen LogP contribution is -2.13. The molecular formula is C13H10BrF3N2O2. The zero-order chi connectivity index (χ0) is 15.6. The van der Waals surface area contributed by atoms with Gasteiger partial charge in [0.25, 0.3) is 5.91 Å². The Kier molecular flexibility index (Phi) is 4.38. The van der Waals surface area contributed by atoms with E-state index in [2.05, 4.69) is 21.2 Å². The Bertz CT molecular complexity index is 668. The quantitative estimate of drug-likeness (QED) is 0.872. The summed E-state index contributed by atoms with van der Waals surface area (Å²) in [6.07, 6.45) is -4.49. The normalized spacial score (nSPS) is 11.5. The van der Waals surface area contributed by atoms with Gasteiger partial charge in [-0.3, -0.25) is 4.79 Å². The first kappa shape index (κ1) is 15.6. The third-order valence-corrected chi connectivity index (χ3v) is 3.32. The molecule has 0 fully saturated rings. The molecule has 1 aromatic carbocycles. The molecule has 0 aliphatic rings. The standard InChI is InChI=1S/C13H10BrF3N2O2/c14-9-3-1-7(13(15,16)17)5-10(9)19-12(20)11-4-2-8(6-18)21-11/h1-5H,6,18H2,(H,19,20). The van der Waals surface area contributed by atoms with Crippen LogP contribution in [0, 0.1) is 0 Å². The summed E-state index contributed by atoms with van der Waals surface area (Å²) in [5, 5.41) is 2.36. The Morgan fingerprint density at radius 3 is 2.57 bits per heavy atom. The average molecular weight is 363 g/mol. The van der Waals surface area contributed by atoms with Crippen LogP contribution in [0.25, 0.3) is 0 Å². The summed E-state index contributed by atoms with van der Waals surface area (Å²) in [7, 11) is 0. The summed E-state index contributed by atoms with van der Waals surface area (Å²) in [4.78, 5) is 11.9. The van der Waals surface area contributed by atoms with Gasteiger partial charge >= 0.3 is 6.18 Å². The predicted molar refractivity (Wildman–Crippen MR) is 73.7 cm³/mol. The van der Waals surface area contributed by atoms with E-state index in [0.29, 0.717) is 10.2 Å². The van der Waals surface area contributed by atoms with Crippen molar-refractivity contribution < 1.29 is 22.4 Å². The fourth-order valence-electron chi connectivity index (χ4n) is 1.59. The van der Waals surface area contributed by atoms with E-state index >= 15 is 0 Å². The highest BCUT2D eigenvalue weighted by molar-refractivity contribution is 9.10. The van der Waals surface area contributed by atoms with Crippen molar-refractivity contribution in [1.29, 1.82) is 0 Å². The molecule has 4 nitrogen and oxygen atoms in total. The van der Waals surface area contributed by atoms with E-state index in [1.54, 1.807) is 0 Å². The van der Waals surface area contributed by atoms with E-state index in [9.17, 15) is 18.0 Å². The number of anilines is 1. The lowest BCUT2D eigenvalue weighted by Gasteiger charge is -2.11. The zero-order valence-corrected chi connectivity index (χ0v) is 12.1. The summed E-state index contributed by atoms with van der Waals surface area (Å²) >= 11 is 3.08. The van der Waals surface area contributed by atoms with Gasteiger partial charge in [0.1, 0.15) is 5.76 Å². The maximum absolute atomic E-state index is 12.6. The van der Waals surface area contributed by atoms with Gasteiger partial charge in [0, 0.05) is 4.47 Å². The molecule has 0 saturated heterocycles. The minimum absolute atomic E-state index is 0.000485. The number of alkyl halides is 3. The molecule has 112 valence electrons. The zero-order valence-electron chi connectivity index (χ0n) is 10.5. The maximum Gasteiger partial charge on any atom is 0.416 e. The van der Waals surface area contributed by atoms with E-state index in [-0.39, 0.29) is 18.0 Å². The van der Waals surface area contributed by atoms with Crippen LogP contribution in [-0.4, -0.2) is 5.91 Å². The molecule has 0 saturated carbocycles. The Hall–Kier alpha value is -1.80. The van der Waals surface area contributed by atoms with Crippen LogP contribution in [0.2, 0.25) is 0 Å². The molecule has 0 spiro atoms. The van der Waals surface area contributed by atoms with Crippen molar-refractivity contribution >= 4 is 27.5 Å². The van der Waals surface area contributed by atoms with Crippen molar-refractivity contribution in [3.05, 3.63) is 51.9 Å². The van der Waals surface area contributed by atoms with Gasteiger partial charge in [0.05, 0.1) is 17.8 Å². The molecule has 21 heavy (non-hydrogen) atoms. The van der Waals surface area contributed by atoms with Crippen LogP contribution in [-0.2, 0) is 12.7 Å². The van der Waals surface area contributed by atoms with E-state index in [4.69, 9.17) is 10.2 Å². The van der Waals surface area contributed by atoms with Crippen LogP contribution in [0.1, 0.15) is 21.9 Å². The number of halogens is 4. The van der Waals surface area contributed by atoms with Crippen LogP contribution in [0.3, 0.4) is 0 Å². The lowest BCUT2D eigenvalue weighted by atomic mass is 10.2. The molecule has 0 radical (unpaired) electrons. The van der Waals surface area contributed by atoms with Gasteiger partial charge in [-0.1, -0.05) is 0 Å². The Labute approximate surface area is 126 Å². The predicted octanol–water partition coefficient (Wildman–Crippen LogP) is 3.77. The van der Waals surface area contributed by atoms with Crippen molar-refractivity contribution in [3.8, 4) is 0 Å². The summed E-state index contributed by atoms with van der Waals surface area (Å²) in [6.45, 7) is 0.126. The second kappa shape index (κ2) is 5.90. The van der Waals surface area contributed by atoms with Gasteiger partial charge < -0.3 is 15.5 Å². The van der Waals surface area contributed by atoms with Gasteiger partial charge in [-0.15, -0.1) is 0 Å². The fourth-order valence-corrected chi connectivity index (χ4v) is 1.94. The van der Waals surface area contributed by atoms with Crippen LogP contribution < -0.4 is 11.1 Å². The Morgan fingerprint density at radius 1 is 1.29 bits per heavy atom. The highest BCUT2D eigenvalue weighted by Gasteiger charge is 2.31. The minimum atomic E-state index is -4.49. The molecule has 1 aromatic heterocycles. The minimum Gasteiger partial charge on any atom is -0.455 e. The third-order valence-electron chi connectivity index (χ3n) is 2.63. The summed E-state index contributed by atoms with van der Waals surface area (Å²) in [5.74, 6) is -0.280. The van der Waals surface area contributed by atoms with E-state index in [0.717, 1.165) is 12.1 Å². The number of nitrogens with one attached hydrogen (secondary N) is 1. The van der Waals surface area contributed by atoms with Crippen molar-refractivity contribution in [1.82, 2.24) is 0 Å². The van der Waals surface area contributed by atoms with Gasteiger partial charge in [0.15, 0.2) is 5.76 Å². The first-order valence-electron chi connectivity index (χ1n) is 5.78. The first-order chi connectivity index (χ1) is 9.81. The highest BCUT2D eigenvalue weighted by atomic mass is 79.9. The van der Waals surface area contributed by atoms with Crippen molar-refractivity contribution in [2.75, 3.05) is 5.32 Å². The second-order valence-electron chi connectivity index (χ2n) is 4.12. The third kappa shape index (κ3) is 3.64. The number of rotatable bonds is 3.